The van der Waals surface area contributed by atoms with Gasteiger partial charge in [-0.25, -0.2) is 4.98 Å². The first-order chi connectivity index (χ1) is 8.90. The molecule has 0 aliphatic heterocycles. The van der Waals surface area contributed by atoms with Gasteiger partial charge < -0.3 is 9.88 Å². The van der Waals surface area contributed by atoms with Crippen LogP contribution >= 0.6 is 0 Å². The fraction of sp³-hybridized carbons (Fsp3) is 0.400. The van der Waals surface area contributed by atoms with E-state index in [1.807, 2.05) is 12.4 Å². The van der Waals surface area contributed by atoms with E-state index in [-0.39, 0.29) is 0 Å². The molecular weight excluding hydrogens is 222 g/mol. The predicted octanol–water partition coefficient (Wildman–Crippen LogP) is 2.63. The van der Waals surface area contributed by atoms with E-state index in [1.165, 1.54) is 5.56 Å². The van der Waals surface area contributed by atoms with E-state index < -0.39 is 0 Å². The molecule has 0 unspecified atom stereocenters. The van der Waals surface area contributed by atoms with Gasteiger partial charge in [0.15, 0.2) is 0 Å². The summed E-state index contributed by atoms with van der Waals surface area (Å²) in [6.07, 6.45) is 6.19. The Balaban J connectivity index is 1.65. The summed E-state index contributed by atoms with van der Waals surface area (Å²) < 4.78 is 2.17. The maximum absolute atomic E-state index is 4.34. The van der Waals surface area contributed by atoms with Gasteiger partial charge in [-0.1, -0.05) is 30.3 Å². The second-order valence-electron chi connectivity index (χ2n) is 4.40. The summed E-state index contributed by atoms with van der Waals surface area (Å²) in [7, 11) is 0. The van der Waals surface area contributed by atoms with Crippen molar-refractivity contribution >= 4 is 0 Å². The monoisotopic (exact) mass is 243 g/mol. The third kappa shape index (κ3) is 3.70. The van der Waals surface area contributed by atoms with E-state index >= 15 is 0 Å². The van der Waals surface area contributed by atoms with Crippen LogP contribution in [-0.4, -0.2) is 16.1 Å². The van der Waals surface area contributed by atoms with Crippen LogP contribution in [0.1, 0.15) is 24.7 Å². The van der Waals surface area contributed by atoms with Crippen LogP contribution in [0, 0.1) is 0 Å². The number of nitrogens with zero attached hydrogens (tertiary/aromatic N) is 2. The first-order valence-electron chi connectivity index (χ1n) is 6.65. The number of aromatic nitrogens is 2. The molecule has 1 aromatic carbocycles. The van der Waals surface area contributed by atoms with Gasteiger partial charge in [-0.2, -0.15) is 0 Å². The van der Waals surface area contributed by atoms with E-state index in [0.717, 1.165) is 38.3 Å². The molecular formula is C15H21N3. The summed E-state index contributed by atoms with van der Waals surface area (Å²) in [4.78, 5) is 4.34. The number of aryl methyl sites for hydroxylation is 2. The van der Waals surface area contributed by atoms with Crippen molar-refractivity contribution in [2.24, 2.45) is 0 Å². The molecule has 1 heterocycles. The molecule has 0 aliphatic carbocycles. The minimum absolute atomic E-state index is 0.857. The van der Waals surface area contributed by atoms with Crippen molar-refractivity contribution in [3.63, 3.8) is 0 Å². The minimum atomic E-state index is 0.857. The Morgan fingerprint density at radius 3 is 2.83 bits per heavy atom. The van der Waals surface area contributed by atoms with E-state index in [1.54, 1.807) is 0 Å². The Morgan fingerprint density at radius 2 is 2.06 bits per heavy atom. The SMILES string of the molecule is CCn1ccnc1CNCCCc1ccccc1. The van der Waals surface area contributed by atoms with Gasteiger partial charge in [0.05, 0.1) is 6.54 Å². The van der Waals surface area contributed by atoms with Crippen LogP contribution in [0.5, 0.6) is 0 Å². The highest BCUT2D eigenvalue weighted by Crippen LogP contribution is 2.02. The molecule has 0 spiro atoms. The maximum atomic E-state index is 4.34. The molecule has 3 heteroatoms. The number of nitrogens with one attached hydrogen (secondary N) is 1. The highest BCUT2D eigenvalue weighted by Gasteiger charge is 1.99. The summed E-state index contributed by atoms with van der Waals surface area (Å²) in [5.74, 6) is 1.12. The summed E-state index contributed by atoms with van der Waals surface area (Å²) in [5.41, 5.74) is 1.41. The van der Waals surface area contributed by atoms with Crippen LogP contribution in [0.2, 0.25) is 0 Å². The van der Waals surface area contributed by atoms with Crippen LogP contribution in [-0.2, 0) is 19.5 Å². The van der Waals surface area contributed by atoms with Gasteiger partial charge in [0.1, 0.15) is 5.82 Å². The molecule has 3 nitrogen and oxygen atoms in total. The Kier molecular flexibility index (Phi) is 4.97. The molecule has 0 saturated heterocycles. The Morgan fingerprint density at radius 1 is 1.22 bits per heavy atom. The molecule has 2 aromatic rings. The van der Waals surface area contributed by atoms with E-state index in [2.05, 4.69) is 52.1 Å². The molecule has 0 radical (unpaired) electrons. The van der Waals surface area contributed by atoms with Crippen molar-refractivity contribution in [2.75, 3.05) is 6.54 Å². The quantitative estimate of drug-likeness (QED) is 0.758. The van der Waals surface area contributed by atoms with Crippen molar-refractivity contribution in [1.29, 1.82) is 0 Å². The van der Waals surface area contributed by atoms with Crippen LogP contribution in [0.15, 0.2) is 42.7 Å². The summed E-state index contributed by atoms with van der Waals surface area (Å²) in [5, 5.41) is 3.45. The number of imidazole rings is 1. The standard InChI is InChI=1S/C15H21N3/c1-2-18-12-11-17-15(18)13-16-10-6-9-14-7-4-3-5-8-14/h3-5,7-8,11-12,16H,2,6,9-10,13H2,1H3. The molecule has 96 valence electrons. The van der Waals surface area contributed by atoms with Crippen molar-refractivity contribution in [1.82, 2.24) is 14.9 Å². The van der Waals surface area contributed by atoms with Gasteiger partial charge >= 0.3 is 0 Å². The number of hydrogen-bond donors (Lipinski definition) is 1. The summed E-state index contributed by atoms with van der Waals surface area (Å²) in [6, 6.07) is 10.6. The molecule has 18 heavy (non-hydrogen) atoms. The predicted molar refractivity (Wildman–Crippen MR) is 74.4 cm³/mol. The average molecular weight is 243 g/mol. The molecule has 0 aliphatic rings. The largest absolute Gasteiger partial charge is 0.334 e. The van der Waals surface area contributed by atoms with Crippen LogP contribution in [0.4, 0.5) is 0 Å². The number of hydrogen-bond acceptors (Lipinski definition) is 2. The second-order valence-corrected chi connectivity index (χ2v) is 4.40. The van der Waals surface area contributed by atoms with Crippen molar-refractivity contribution < 1.29 is 0 Å². The number of rotatable bonds is 7. The molecule has 1 aromatic heterocycles. The first kappa shape index (κ1) is 12.8. The zero-order valence-corrected chi connectivity index (χ0v) is 11.0. The number of benzene rings is 1. The van der Waals surface area contributed by atoms with Gasteiger partial charge in [0.2, 0.25) is 0 Å². The second kappa shape index (κ2) is 6.97. The van der Waals surface area contributed by atoms with Gasteiger partial charge in [0, 0.05) is 18.9 Å². The normalized spacial score (nSPS) is 10.7. The fourth-order valence-corrected chi connectivity index (χ4v) is 2.06. The Bertz CT molecular complexity index is 448. The molecule has 0 saturated carbocycles. The lowest BCUT2D eigenvalue weighted by molar-refractivity contribution is 0.596. The lowest BCUT2D eigenvalue weighted by Crippen LogP contribution is -2.18. The Hall–Kier alpha value is -1.61. The van der Waals surface area contributed by atoms with Crippen LogP contribution in [0.25, 0.3) is 0 Å². The van der Waals surface area contributed by atoms with Crippen molar-refractivity contribution in [3.8, 4) is 0 Å². The fourth-order valence-electron chi connectivity index (χ4n) is 2.06. The van der Waals surface area contributed by atoms with Gasteiger partial charge in [-0.05, 0) is 31.9 Å². The zero-order valence-electron chi connectivity index (χ0n) is 11.0. The van der Waals surface area contributed by atoms with Gasteiger partial charge in [-0.15, -0.1) is 0 Å². The summed E-state index contributed by atoms with van der Waals surface area (Å²) in [6.45, 7) is 5.02. The highest BCUT2D eigenvalue weighted by atomic mass is 15.1. The van der Waals surface area contributed by atoms with Gasteiger partial charge in [0.25, 0.3) is 0 Å². The molecule has 0 amide bonds. The zero-order chi connectivity index (χ0) is 12.6. The first-order valence-corrected chi connectivity index (χ1v) is 6.65. The van der Waals surface area contributed by atoms with E-state index in [9.17, 15) is 0 Å². The lowest BCUT2D eigenvalue weighted by Gasteiger charge is -2.06. The van der Waals surface area contributed by atoms with Crippen LogP contribution < -0.4 is 5.32 Å². The maximum Gasteiger partial charge on any atom is 0.122 e. The third-order valence-corrected chi connectivity index (χ3v) is 3.09. The van der Waals surface area contributed by atoms with Crippen molar-refractivity contribution in [3.05, 3.63) is 54.1 Å². The Labute approximate surface area is 109 Å². The van der Waals surface area contributed by atoms with Crippen molar-refractivity contribution in [2.45, 2.75) is 32.9 Å². The average Bonchev–Trinajstić information content (AvgIpc) is 2.87. The van der Waals surface area contributed by atoms with E-state index in [4.69, 9.17) is 0 Å². The molecule has 0 fully saturated rings. The van der Waals surface area contributed by atoms with Crippen LogP contribution in [0.3, 0.4) is 0 Å². The molecule has 1 N–H and O–H groups in total. The third-order valence-electron chi connectivity index (χ3n) is 3.09. The summed E-state index contributed by atoms with van der Waals surface area (Å²) >= 11 is 0. The topological polar surface area (TPSA) is 29.9 Å². The molecule has 0 bridgehead atoms. The lowest BCUT2D eigenvalue weighted by atomic mass is 10.1. The molecule has 2 rings (SSSR count). The molecule has 0 atom stereocenters. The minimum Gasteiger partial charge on any atom is -0.334 e. The van der Waals surface area contributed by atoms with E-state index in [0.29, 0.717) is 0 Å². The highest BCUT2D eigenvalue weighted by molar-refractivity contribution is 5.14. The smallest absolute Gasteiger partial charge is 0.122 e. The van der Waals surface area contributed by atoms with Gasteiger partial charge in [-0.3, -0.25) is 0 Å².